The highest BCUT2D eigenvalue weighted by Gasteiger charge is 2.20. The number of likely N-dealkylation sites (tertiary alicyclic amines) is 1. The molecule has 30 heavy (non-hydrogen) atoms. The van der Waals surface area contributed by atoms with E-state index in [4.69, 9.17) is 0 Å². The Bertz CT molecular complexity index is 852. The van der Waals surface area contributed by atoms with E-state index in [1.54, 1.807) is 0 Å². The Hall–Kier alpha value is -2.07. The number of aryl methyl sites for hydroxylation is 2. The Balaban J connectivity index is 1.31. The van der Waals surface area contributed by atoms with Crippen molar-refractivity contribution in [2.24, 2.45) is 0 Å². The summed E-state index contributed by atoms with van der Waals surface area (Å²) in [6, 6.07) is 11.2. The van der Waals surface area contributed by atoms with E-state index in [1.807, 2.05) is 12.1 Å². The van der Waals surface area contributed by atoms with E-state index in [-0.39, 0.29) is 5.91 Å². The lowest BCUT2D eigenvalue weighted by Gasteiger charge is -2.35. The van der Waals surface area contributed by atoms with Gasteiger partial charge in [-0.15, -0.1) is 0 Å². The average molecular weight is 408 g/mol. The summed E-state index contributed by atoms with van der Waals surface area (Å²) in [5.41, 5.74) is 6.17. The fourth-order valence-electron chi connectivity index (χ4n) is 5.38. The predicted octanol–water partition coefficient (Wildman–Crippen LogP) is 5.05. The summed E-state index contributed by atoms with van der Waals surface area (Å²) in [5.74, 6) is 0.0403. The van der Waals surface area contributed by atoms with E-state index in [9.17, 15) is 4.79 Å². The quantitative estimate of drug-likeness (QED) is 0.652. The number of nitrogens with zero attached hydrogens (tertiary/aromatic N) is 2. The Morgan fingerprint density at radius 3 is 2.70 bits per heavy atom. The summed E-state index contributed by atoms with van der Waals surface area (Å²) in [7, 11) is 0. The zero-order valence-corrected chi connectivity index (χ0v) is 18.8. The molecule has 1 amide bonds. The second-order valence-corrected chi connectivity index (χ2v) is 9.05. The van der Waals surface area contributed by atoms with Crippen molar-refractivity contribution in [3.63, 3.8) is 0 Å². The largest absolute Gasteiger partial charge is 0.352 e. The van der Waals surface area contributed by atoms with Gasteiger partial charge in [0.05, 0.1) is 0 Å². The minimum absolute atomic E-state index is 0.0403. The van der Waals surface area contributed by atoms with Crippen LogP contribution in [0.3, 0.4) is 0 Å². The van der Waals surface area contributed by atoms with Gasteiger partial charge in [-0.2, -0.15) is 0 Å². The molecule has 0 unspecified atom stereocenters. The fraction of sp³-hybridized carbons (Fsp3) is 0.577. The molecule has 1 aliphatic heterocycles. The Morgan fingerprint density at radius 2 is 1.90 bits per heavy atom. The van der Waals surface area contributed by atoms with Crippen LogP contribution in [-0.2, 0) is 12.8 Å². The van der Waals surface area contributed by atoms with E-state index in [2.05, 4.69) is 46.8 Å². The van der Waals surface area contributed by atoms with Crippen molar-refractivity contribution in [3.8, 4) is 5.69 Å². The molecule has 1 aromatic carbocycles. The van der Waals surface area contributed by atoms with Crippen molar-refractivity contribution in [3.05, 3.63) is 52.8 Å². The van der Waals surface area contributed by atoms with Gasteiger partial charge in [-0.3, -0.25) is 4.79 Å². The number of nitrogens with one attached hydrogen (secondary N) is 1. The van der Waals surface area contributed by atoms with Gasteiger partial charge in [-0.05, 0) is 101 Å². The molecule has 0 saturated carbocycles. The Kier molecular flexibility index (Phi) is 6.93. The molecule has 0 radical (unpaired) electrons. The molecule has 4 rings (SSSR count). The van der Waals surface area contributed by atoms with Crippen molar-refractivity contribution in [2.45, 2.75) is 77.7 Å². The number of rotatable bonds is 7. The number of carbonyl (C=O) groups is 1. The monoisotopic (exact) mass is 407 g/mol. The second-order valence-electron chi connectivity index (χ2n) is 9.05. The zero-order chi connectivity index (χ0) is 20.9. The molecular weight excluding hydrogens is 370 g/mol. The van der Waals surface area contributed by atoms with Crippen LogP contribution in [0.4, 0.5) is 0 Å². The molecule has 1 N–H and O–H groups in total. The smallest absolute Gasteiger partial charge is 0.251 e. The molecule has 2 aliphatic rings. The summed E-state index contributed by atoms with van der Waals surface area (Å²) < 4.78 is 2.37. The van der Waals surface area contributed by atoms with Gasteiger partial charge in [0.15, 0.2) is 0 Å². The topological polar surface area (TPSA) is 37.3 Å². The molecule has 0 spiro atoms. The SMILES string of the molecule is CC[C@@H]1CCCCN1CCCNC(=O)c1ccc(-n2c(C)cc3c2CCCC3)cc1. The summed E-state index contributed by atoms with van der Waals surface area (Å²) in [5, 5.41) is 3.11. The molecule has 1 fully saturated rings. The third kappa shape index (κ3) is 4.64. The van der Waals surface area contributed by atoms with Crippen molar-refractivity contribution in [1.29, 1.82) is 0 Å². The Morgan fingerprint density at radius 1 is 1.10 bits per heavy atom. The summed E-state index contributed by atoms with van der Waals surface area (Å²) in [6.07, 6.45) is 11.2. The molecule has 2 aromatic rings. The van der Waals surface area contributed by atoms with E-state index in [0.717, 1.165) is 37.5 Å². The van der Waals surface area contributed by atoms with Crippen molar-refractivity contribution in [2.75, 3.05) is 19.6 Å². The normalized spacial score (nSPS) is 19.5. The van der Waals surface area contributed by atoms with Gasteiger partial charge >= 0.3 is 0 Å². The maximum atomic E-state index is 12.6. The second kappa shape index (κ2) is 9.82. The van der Waals surface area contributed by atoms with Crippen molar-refractivity contribution in [1.82, 2.24) is 14.8 Å². The molecular formula is C26H37N3O. The first-order chi connectivity index (χ1) is 14.7. The van der Waals surface area contributed by atoms with Crippen LogP contribution in [-0.4, -0.2) is 41.1 Å². The molecule has 0 bridgehead atoms. The lowest BCUT2D eigenvalue weighted by Crippen LogP contribution is -2.40. The molecule has 162 valence electrons. The van der Waals surface area contributed by atoms with Gasteiger partial charge in [0.25, 0.3) is 5.91 Å². The number of fused-ring (bicyclic) bond motifs is 1. The Labute approximate surface area is 181 Å². The van der Waals surface area contributed by atoms with Crippen LogP contribution in [0.1, 0.15) is 79.2 Å². The third-order valence-electron chi connectivity index (χ3n) is 7.00. The van der Waals surface area contributed by atoms with Gasteiger partial charge in [0.1, 0.15) is 0 Å². The molecule has 4 heteroatoms. The molecule has 1 aliphatic carbocycles. The lowest BCUT2D eigenvalue weighted by molar-refractivity contribution is 0.0947. The lowest BCUT2D eigenvalue weighted by atomic mass is 9.98. The first-order valence-electron chi connectivity index (χ1n) is 12.0. The summed E-state index contributed by atoms with van der Waals surface area (Å²) in [4.78, 5) is 15.2. The highest BCUT2D eigenvalue weighted by molar-refractivity contribution is 5.94. The fourth-order valence-corrected chi connectivity index (χ4v) is 5.38. The minimum atomic E-state index is 0.0403. The summed E-state index contributed by atoms with van der Waals surface area (Å²) in [6.45, 7) is 7.54. The van der Waals surface area contributed by atoms with Crippen LogP contribution in [0.25, 0.3) is 5.69 Å². The van der Waals surface area contributed by atoms with Gasteiger partial charge in [0, 0.05) is 41.8 Å². The molecule has 1 saturated heterocycles. The van der Waals surface area contributed by atoms with Crippen molar-refractivity contribution < 1.29 is 4.79 Å². The highest BCUT2D eigenvalue weighted by Crippen LogP contribution is 2.28. The predicted molar refractivity (Wildman–Crippen MR) is 124 cm³/mol. The number of benzene rings is 1. The molecule has 2 heterocycles. The minimum Gasteiger partial charge on any atom is -0.352 e. The maximum absolute atomic E-state index is 12.6. The number of amides is 1. The van der Waals surface area contributed by atoms with Gasteiger partial charge in [0.2, 0.25) is 0 Å². The van der Waals surface area contributed by atoms with E-state index < -0.39 is 0 Å². The number of aromatic nitrogens is 1. The van der Waals surface area contributed by atoms with E-state index in [0.29, 0.717) is 0 Å². The van der Waals surface area contributed by atoms with Crippen LogP contribution in [0.5, 0.6) is 0 Å². The maximum Gasteiger partial charge on any atom is 0.251 e. The number of carbonyl (C=O) groups excluding carboxylic acids is 1. The van der Waals surface area contributed by atoms with E-state index >= 15 is 0 Å². The van der Waals surface area contributed by atoms with Crippen LogP contribution in [0, 0.1) is 6.92 Å². The van der Waals surface area contributed by atoms with Crippen LogP contribution in [0.15, 0.2) is 30.3 Å². The highest BCUT2D eigenvalue weighted by atomic mass is 16.1. The van der Waals surface area contributed by atoms with Crippen LogP contribution >= 0.6 is 0 Å². The first-order valence-corrected chi connectivity index (χ1v) is 12.0. The number of hydrogen-bond acceptors (Lipinski definition) is 2. The molecule has 1 aromatic heterocycles. The average Bonchev–Trinajstić information content (AvgIpc) is 3.12. The molecule has 4 nitrogen and oxygen atoms in total. The number of hydrogen-bond donors (Lipinski definition) is 1. The van der Waals surface area contributed by atoms with Gasteiger partial charge in [-0.25, -0.2) is 0 Å². The third-order valence-corrected chi connectivity index (χ3v) is 7.00. The summed E-state index contributed by atoms with van der Waals surface area (Å²) >= 11 is 0. The van der Waals surface area contributed by atoms with Crippen LogP contribution in [0.2, 0.25) is 0 Å². The first kappa shape index (κ1) is 21.2. The van der Waals surface area contributed by atoms with Gasteiger partial charge < -0.3 is 14.8 Å². The standard InChI is InChI=1S/C26H37N3O/c1-3-23-10-6-7-17-28(23)18-8-16-27-26(30)21-12-14-24(15-13-21)29-20(2)19-22-9-4-5-11-25(22)29/h12-15,19,23H,3-11,16-18H2,1-2H3,(H,27,30)/t23-/m1/s1. The zero-order valence-electron chi connectivity index (χ0n) is 18.8. The van der Waals surface area contributed by atoms with Crippen LogP contribution < -0.4 is 5.32 Å². The van der Waals surface area contributed by atoms with E-state index in [1.165, 1.54) is 74.1 Å². The van der Waals surface area contributed by atoms with Gasteiger partial charge in [-0.1, -0.05) is 13.3 Å². The molecule has 1 atom stereocenters. The number of piperidine rings is 1. The van der Waals surface area contributed by atoms with Crippen molar-refractivity contribution >= 4 is 5.91 Å².